The molecule has 0 saturated heterocycles. The Bertz CT molecular complexity index is 514. The third-order valence-corrected chi connectivity index (χ3v) is 3.14. The summed E-state index contributed by atoms with van der Waals surface area (Å²) in [6.45, 7) is 0.255. The fourth-order valence-electron chi connectivity index (χ4n) is 1.45. The number of hydrogen-bond donors (Lipinski definition) is 2. The van der Waals surface area contributed by atoms with Crippen LogP contribution in [0, 0.1) is 0 Å². The summed E-state index contributed by atoms with van der Waals surface area (Å²) in [6, 6.07) is 12.8. The summed E-state index contributed by atoms with van der Waals surface area (Å²) in [6.07, 6.45) is 0. The highest BCUT2D eigenvalue weighted by Gasteiger charge is 2.03. The van der Waals surface area contributed by atoms with Crippen molar-refractivity contribution in [3.63, 3.8) is 0 Å². The van der Waals surface area contributed by atoms with Crippen LogP contribution in [-0.2, 0) is 32.9 Å². The van der Waals surface area contributed by atoms with Gasteiger partial charge >= 0.3 is 11.4 Å². The van der Waals surface area contributed by atoms with Crippen molar-refractivity contribution >= 4 is 11.4 Å². The smallest absolute Gasteiger partial charge is 0.305 e. The van der Waals surface area contributed by atoms with E-state index in [2.05, 4.69) is 0 Å². The summed E-state index contributed by atoms with van der Waals surface area (Å²) in [4.78, 5) is 0. The molecule has 0 aliphatic heterocycles. The molecule has 0 atom stereocenters. The highest BCUT2D eigenvalue weighted by atomic mass is 32.2. The van der Waals surface area contributed by atoms with Gasteiger partial charge in [0.05, 0.1) is 13.2 Å². The molecule has 2 aromatic rings. The molecule has 0 amide bonds. The molecule has 2 rings (SSSR count). The molecular weight excluding hydrogens is 280 g/mol. The van der Waals surface area contributed by atoms with Gasteiger partial charge in [-0.15, -0.1) is 0 Å². The van der Waals surface area contributed by atoms with Gasteiger partial charge in [-0.2, -0.15) is 4.21 Å². The van der Waals surface area contributed by atoms with Gasteiger partial charge in [0, 0.05) is 0 Å². The lowest BCUT2D eigenvalue weighted by Crippen LogP contribution is -2.02. The molecule has 0 heterocycles. The van der Waals surface area contributed by atoms with Crippen LogP contribution in [0.5, 0.6) is 11.5 Å². The quantitative estimate of drug-likeness (QED) is 0.855. The molecule has 0 bridgehead atoms. The van der Waals surface area contributed by atoms with Crippen LogP contribution < -0.4 is 0 Å². The SMILES string of the molecule is O=S(OCc1ccc(O)cc1)OCc1ccc(O)cc1. The van der Waals surface area contributed by atoms with E-state index in [1.807, 2.05) is 0 Å². The average molecular weight is 294 g/mol. The first-order chi connectivity index (χ1) is 9.63. The Morgan fingerprint density at radius 3 is 1.45 bits per heavy atom. The molecule has 0 aliphatic carbocycles. The van der Waals surface area contributed by atoms with E-state index in [9.17, 15) is 4.21 Å². The Morgan fingerprint density at radius 1 is 0.750 bits per heavy atom. The predicted octanol–water partition coefficient (Wildman–Crippen LogP) is 2.41. The van der Waals surface area contributed by atoms with Crippen LogP contribution in [0.3, 0.4) is 0 Å². The van der Waals surface area contributed by atoms with Crippen molar-refractivity contribution in [3.8, 4) is 11.5 Å². The lowest BCUT2D eigenvalue weighted by Gasteiger charge is -2.05. The molecule has 6 heteroatoms. The van der Waals surface area contributed by atoms with E-state index in [0.29, 0.717) is 0 Å². The van der Waals surface area contributed by atoms with Crippen molar-refractivity contribution in [2.24, 2.45) is 0 Å². The molecule has 20 heavy (non-hydrogen) atoms. The van der Waals surface area contributed by atoms with E-state index in [1.54, 1.807) is 24.3 Å². The minimum absolute atomic E-state index is 0.127. The third kappa shape index (κ3) is 4.65. The van der Waals surface area contributed by atoms with E-state index < -0.39 is 11.4 Å². The Hall–Kier alpha value is -1.89. The fourth-order valence-corrected chi connectivity index (χ4v) is 1.98. The van der Waals surface area contributed by atoms with E-state index in [0.717, 1.165) is 11.1 Å². The molecule has 0 spiro atoms. The van der Waals surface area contributed by atoms with Crippen LogP contribution in [-0.4, -0.2) is 14.4 Å². The van der Waals surface area contributed by atoms with Crippen molar-refractivity contribution in [1.82, 2.24) is 0 Å². The van der Waals surface area contributed by atoms with Gasteiger partial charge in [0.2, 0.25) is 0 Å². The average Bonchev–Trinajstić information content (AvgIpc) is 2.46. The molecule has 0 unspecified atom stereocenters. The summed E-state index contributed by atoms with van der Waals surface area (Å²) in [5.74, 6) is 0.330. The van der Waals surface area contributed by atoms with Crippen LogP contribution in [0.2, 0.25) is 0 Å². The van der Waals surface area contributed by atoms with E-state index in [1.165, 1.54) is 24.3 Å². The number of benzene rings is 2. The highest BCUT2D eigenvalue weighted by molar-refractivity contribution is 7.75. The van der Waals surface area contributed by atoms with Gasteiger partial charge in [0.1, 0.15) is 11.5 Å². The zero-order valence-corrected chi connectivity index (χ0v) is 11.4. The standard InChI is InChI=1S/C14H14O5S/c15-13-5-1-11(2-6-13)9-18-20(17)19-10-12-3-7-14(16)8-4-12/h1-8,15-16H,9-10H2. The summed E-state index contributed by atoms with van der Waals surface area (Å²) in [5.41, 5.74) is 1.56. The summed E-state index contributed by atoms with van der Waals surface area (Å²) < 4.78 is 21.6. The maximum atomic E-state index is 11.5. The first-order valence-corrected chi connectivity index (χ1v) is 6.87. The fraction of sp³-hybridized carbons (Fsp3) is 0.143. The third-order valence-electron chi connectivity index (χ3n) is 2.52. The minimum Gasteiger partial charge on any atom is -0.508 e. The van der Waals surface area contributed by atoms with Gasteiger partial charge < -0.3 is 10.2 Å². The van der Waals surface area contributed by atoms with Crippen molar-refractivity contribution < 1.29 is 22.8 Å². The molecule has 0 aromatic heterocycles. The minimum atomic E-state index is -1.86. The Balaban J connectivity index is 1.75. The number of rotatable bonds is 6. The van der Waals surface area contributed by atoms with Gasteiger partial charge in [-0.1, -0.05) is 24.3 Å². The second kappa shape index (κ2) is 7.04. The monoisotopic (exact) mass is 294 g/mol. The normalized spacial score (nSPS) is 10.8. The van der Waals surface area contributed by atoms with Gasteiger partial charge in [-0.25, -0.2) is 0 Å². The summed E-state index contributed by atoms with van der Waals surface area (Å²) in [5, 5.41) is 18.2. The van der Waals surface area contributed by atoms with Crippen molar-refractivity contribution in [2.75, 3.05) is 0 Å². The van der Waals surface area contributed by atoms with Gasteiger partial charge in [-0.3, -0.25) is 8.37 Å². The van der Waals surface area contributed by atoms with E-state index in [-0.39, 0.29) is 24.7 Å². The molecule has 5 nitrogen and oxygen atoms in total. The molecule has 2 aromatic carbocycles. The number of hydrogen-bond acceptors (Lipinski definition) is 5. The number of aromatic hydroxyl groups is 2. The molecule has 0 saturated carbocycles. The van der Waals surface area contributed by atoms with Crippen molar-refractivity contribution in [2.45, 2.75) is 13.2 Å². The molecule has 0 aliphatic rings. The lowest BCUT2D eigenvalue weighted by molar-refractivity contribution is 0.236. The van der Waals surface area contributed by atoms with Crippen molar-refractivity contribution in [3.05, 3.63) is 59.7 Å². The zero-order chi connectivity index (χ0) is 14.4. The first-order valence-electron chi connectivity index (χ1n) is 5.87. The molecule has 106 valence electrons. The van der Waals surface area contributed by atoms with Crippen LogP contribution in [0.25, 0.3) is 0 Å². The maximum absolute atomic E-state index is 11.5. The lowest BCUT2D eigenvalue weighted by atomic mass is 10.2. The van der Waals surface area contributed by atoms with Crippen LogP contribution in [0.1, 0.15) is 11.1 Å². The Morgan fingerprint density at radius 2 is 1.10 bits per heavy atom. The Kier molecular flexibility index (Phi) is 5.11. The van der Waals surface area contributed by atoms with E-state index >= 15 is 0 Å². The van der Waals surface area contributed by atoms with E-state index in [4.69, 9.17) is 18.6 Å². The summed E-state index contributed by atoms with van der Waals surface area (Å²) in [7, 11) is 0. The van der Waals surface area contributed by atoms with Crippen molar-refractivity contribution in [1.29, 1.82) is 0 Å². The van der Waals surface area contributed by atoms with Crippen LogP contribution >= 0.6 is 0 Å². The number of phenols is 2. The van der Waals surface area contributed by atoms with Crippen LogP contribution in [0.4, 0.5) is 0 Å². The number of phenolic OH excluding ortho intramolecular Hbond substituents is 2. The van der Waals surface area contributed by atoms with Gasteiger partial charge in [-0.05, 0) is 35.4 Å². The topological polar surface area (TPSA) is 76.0 Å². The maximum Gasteiger partial charge on any atom is 0.305 e. The molecule has 0 radical (unpaired) electrons. The molecular formula is C14H14O5S. The Labute approximate surface area is 119 Å². The van der Waals surface area contributed by atoms with Crippen LogP contribution in [0.15, 0.2) is 48.5 Å². The molecule has 0 fully saturated rings. The van der Waals surface area contributed by atoms with Gasteiger partial charge in [0.15, 0.2) is 0 Å². The first kappa shape index (κ1) is 14.5. The molecule has 2 N–H and O–H groups in total. The zero-order valence-electron chi connectivity index (χ0n) is 10.6. The second-order valence-corrected chi connectivity index (χ2v) is 4.94. The summed E-state index contributed by atoms with van der Waals surface area (Å²) >= 11 is -1.86. The predicted molar refractivity (Wildman–Crippen MR) is 73.9 cm³/mol. The largest absolute Gasteiger partial charge is 0.508 e. The highest BCUT2D eigenvalue weighted by Crippen LogP contribution is 2.13. The van der Waals surface area contributed by atoms with Gasteiger partial charge in [0.25, 0.3) is 0 Å². The second-order valence-electron chi connectivity index (χ2n) is 4.06.